The first-order valence-electron chi connectivity index (χ1n) is 6.58. The largest absolute Gasteiger partial charge is 0.364 e. The summed E-state index contributed by atoms with van der Waals surface area (Å²) in [6, 6.07) is 3.10. The van der Waals surface area contributed by atoms with Gasteiger partial charge in [-0.3, -0.25) is 9.78 Å². The number of aromatic nitrogens is 2. The molecule has 0 radical (unpaired) electrons. The van der Waals surface area contributed by atoms with Crippen LogP contribution in [0.4, 0.5) is 4.39 Å². The van der Waals surface area contributed by atoms with Crippen LogP contribution in [0, 0.1) is 12.7 Å². The zero-order valence-electron chi connectivity index (χ0n) is 11.4. The van der Waals surface area contributed by atoms with Gasteiger partial charge in [-0.25, -0.2) is 9.37 Å². The number of carbonyl (C=O) groups excluding carboxylic acids is 1. The van der Waals surface area contributed by atoms with Gasteiger partial charge in [0.2, 0.25) is 0 Å². The number of halogens is 2. The first-order valence-corrected chi connectivity index (χ1v) is 6.96. The minimum Gasteiger partial charge on any atom is -0.364 e. The van der Waals surface area contributed by atoms with Gasteiger partial charge in [-0.05, 0) is 43.0 Å². The SMILES string of the molecule is Cc1nc([C@@H]2CCc3c(F)cc(Cl)cc32)cnc1C(N)=O. The van der Waals surface area contributed by atoms with E-state index >= 15 is 0 Å². The molecule has 3 rings (SSSR count). The number of primary amides is 1. The molecule has 0 saturated carbocycles. The predicted octanol–water partition coefficient (Wildman–Crippen LogP) is 2.75. The summed E-state index contributed by atoms with van der Waals surface area (Å²) in [4.78, 5) is 19.7. The molecule has 0 aliphatic heterocycles. The average molecular weight is 306 g/mol. The quantitative estimate of drug-likeness (QED) is 0.927. The highest BCUT2D eigenvalue weighted by molar-refractivity contribution is 6.30. The molecule has 0 saturated heterocycles. The van der Waals surface area contributed by atoms with Crippen molar-refractivity contribution < 1.29 is 9.18 Å². The minimum absolute atomic E-state index is 0.0543. The average Bonchev–Trinajstić information content (AvgIpc) is 2.82. The van der Waals surface area contributed by atoms with E-state index < -0.39 is 5.91 Å². The summed E-state index contributed by atoms with van der Waals surface area (Å²) in [7, 11) is 0. The van der Waals surface area contributed by atoms with E-state index in [9.17, 15) is 9.18 Å². The molecule has 0 fully saturated rings. The van der Waals surface area contributed by atoms with Gasteiger partial charge in [-0.15, -0.1) is 0 Å². The Morgan fingerprint density at radius 3 is 2.90 bits per heavy atom. The fourth-order valence-electron chi connectivity index (χ4n) is 2.86. The molecule has 0 bridgehead atoms. The normalized spacial score (nSPS) is 16.8. The molecular formula is C15H13ClFN3O. The Bertz CT molecular complexity index is 748. The molecule has 4 nitrogen and oxygen atoms in total. The third-order valence-electron chi connectivity index (χ3n) is 3.81. The highest BCUT2D eigenvalue weighted by atomic mass is 35.5. The first-order chi connectivity index (χ1) is 9.97. The van der Waals surface area contributed by atoms with Crippen LogP contribution in [0.5, 0.6) is 0 Å². The molecule has 21 heavy (non-hydrogen) atoms. The number of aryl methyl sites for hydroxylation is 1. The standard InChI is InChI=1S/C15H13ClFN3O/c1-7-14(15(18)21)19-6-13(20-7)10-3-2-9-11(10)4-8(16)5-12(9)17/h4-6,10H,2-3H2,1H3,(H2,18,21)/t10-/m1/s1. The molecule has 1 amide bonds. The van der Waals surface area contributed by atoms with Crippen LogP contribution in [0.25, 0.3) is 0 Å². The Labute approximate surface area is 126 Å². The van der Waals surface area contributed by atoms with Gasteiger partial charge >= 0.3 is 0 Å². The van der Waals surface area contributed by atoms with Crippen LogP contribution in [0.15, 0.2) is 18.3 Å². The molecule has 1 aliphatic carbocycles. The van der Waals surface area contributed by atoms with Crippen molar-refractivity contribution in [3.05, 3.63) is 57.4 Å². The van der Waals surface area contributed by atoms with E-state index in [0.29, 0.717) is 28.4 Å². The molecular weight excluding hydrogens is 293 g/mol. The minimum atomic E-state index is -0.604. The summed E-state index contributed by atoms with van der Waals surface area (Å²) >= 11 is 5.94. The highest BCUT2D eigenvalue weighted by Crippen LogP contribution is 2.39. The van der Waals surface area contributed by atoms with Crippen molar-refractivity contribution >= 4 is 17.5 Å². The van der Waals surface area contributed by atoms with Crippen LogP contribution in [0.2, 0.25) is 5.02 Å². The monoisotopic (exact) mass is 305 g/mol. The number of nitrogens with zero attached hydrogens (tertiary/aromatic N) is 2. The van der Waals surface area contributed by atoms with E-state index in [0.717, 1.165) is 12.0 Å². The van der Waals surface area contributed by atoms with Crippen LogP contribution in [0.1, 0.15) is 45.3 Å². The van der Waals surface area contributed by atoms with Gasteiger partial charge in [0, 0.05) is 17.1 Å². The van der Waals surface area contributed by atoms with E-state index in [1.807, 2.05) is 0 Å². The van der Waals surface area contributed by atoms with E-state index in [4.69, 9.17) is 17.3 Å². The predicted molar refractivity (Wildman–Crippen MR) is 76.9 cm³/mol. The maximum absolute atomic E-state index is 13.9. The molecule has 1 aromatic carbocycles. The topological polar surface area (TPSA) is 68.9 Å². The van der Waals surface area contributed by atoms with Gasteiger partial charge in [-0.1, -0.05) is 11.6 Å². The number of hydrogen-bond acceptors (Lipinski definition) is 3. The van der Waals surface area contributed by atoms with Crippen molar-refractivity contribution in [2.75, 3.05) is 0 Å². The van der Waals surface area contributed by atoms with Gasteiger partial charge < -0.3 is 5.73 Å². The molecule has 6 heteroatoms. The van der Waals surface area contributed by atoms with E-state index in [-0.39, 0.29) is 17.4 Å². The van der Waals surface area contributed by atoms with Crippen LogP contribution < -0.4 is 5.73 Å². The number of fused-ring (bicyclic) bond motifs is 1. The number of hydrogen-bond donors (Lipinski definition) is 1. The fourth-order valence-corrected chi connectivity index (χ4v) is 3.07. The van der Waals surface area contributed by atoms with Crippen molar-refractivity contribution in [2.24, 2.45) is 5.73 Å². The number of carbonyl (C=O) groups is 1. The lowest BCUT2D eigenvalue weighted by atomic mass is 9.98. The number of benzene rings is 1. The Morgan fingerprint density at radius 2 is 2.24 bits per heavy atom. The smallest absolute Gasteiger partial charge is 0.269 e. The lowest BCUT2D eigenvalue weighted by Crippen LogP contribution is -2.17. The third-order valence-corrected chi connectivity index (χ3v) is 4.03. The van der Waals surface area contributed by atoms with Crippen LogP contribution >= 0.6 is 11.6 Å². The summed E-state index contributed by atoms with van der Waals surface area (Å²) < 4.78 is 13.9. The van der Waals surface area contributed by atoms with Crippen LogP contribution in [-0.2, 0) is 6.42 Å². The second kappa shape index (κ2) is 5.07. The van der Waals surface area contributed by atoms with Gasteiger partial charge in [0.1, 0.15) is 11.5 Å². The summed E-state index contributed by atoms with van der Waals surface area (Å²) in [5.74, 6) is -0.938. The number of rotatable bonds is 2. The Morgan fingerprint density at radius 1 is 1.48 bits per heavy atom. The lowest BCUT2D eigenvalue weighted by molar-refractivity contribution is 0.0994. The second-order valence-corrected chi connectivity index (χ2v) is 5.58. The molecule has 1 heterocycles. The van der Waals surface area contributed by atoms with Gasteiger partial charge in [-0.2, -0.15) is 0 Å². The second-order valence-electron chi connectivity index (χ2n) is 5.14. The summed E-state index contributed by atoms with van der Waals surface area (Å²) in [5, 5.41) is 0.372. The van der Waals surface area contributed by atoms with Crippen LogP contribution in [-0.4, -0.2) is 15.9 Å². The summed E-state index contributed by atoms with van der Waals surface area (Å²) in [5.41, 5.74) is 8.11. The molecule has 0 unspecified atom stereocenters. The fraction of sp³-hybridized carbons (Fsp3) is 0.267. The zero-order valence-corrected chi connectivity index (χ0v) is 12.1. The molecule has 2 aromatic rings. The van der Waals surface area contributed by atoms with Crippen LogP contribution in [0.3, 0.4) is 0 Å². The Balaban J connectivity index is 2.05. The van der Waals surface area contributed by atoms with Crippen molar-refractivity contribution in [1.82, 2.24) is 9.97 Å². The van der Waals surface area contributed by atoms with Crippen molar-refractivity contribution in [2.45, 2.75) is 25.7 Å². The number of amides is 1. The lowest BCUT2D eigenvalue weighted by Gasteiger charge is -2.13. The molecule has 108 valence electrons. The van der Waals surface area contributed by atoms with Gasteiger partial charge in [0.05, 0.1) is 11.4 Å². The molecule has 1 atom stereocenters. The molecule has 0 spiro atoms. The Hall–Kier alpha value is -2.01. The van der Waals surface area contributed by atoms with E-state index in [2.05, 4.69) is 9.97 Å². The molecule has 1 aromatic heterocycles. The third kappa shape index (κ3) is 2.38. The molecule has 1 aliphatic rings. The molecule has 2 N–H and O–H groups in total. The van der Waals surface area contributed by atoms with Gasteiger partial charge in [0.25, 0.3) is 5.91 Å². The van der Waals surface area contributed by atoms with Crippen molar-refractivity contribution in [3.8, 4) is 0 Å². The zero-order chi connectivity index (χ0) is 15.1. The number of nitrogens with two attached hydrogens (primary N) is 1. The maximum Gasteiger partial charge on any atom is 0.269 e. The van der Waals surface area contributed by atoms with Crippen molar-refractivity contribution in [3.63, 3.8) is 0 Å². The van der Waals surface area contributed by atoms with Crippen molar-refractivity contribution in [1.29, 1.82) is 0 Å². The summed E-state index contributed by atoms with van der Waals surface area (Å²) in [6.07, 6.45) is 2.92. The Kier molecular flexibility index (Phi) is 3.37. The van der Waals surface area contributed by atoms with E-state index in [1.165, 1.54) is 12.3 Å². The maximum atomic E-state index is 13.9. The summed E-state index contributed by atoms with van der Waals surface area (Å²) in [6.45, 7) is 1.69. The van der Waals surface area contributed by atoms with Gasteiger partial charge in [0.15, 0.2) is 0 Å². The first kappa shape index (κ1) is 13.9. The van der Waals surface area contributed by atoms with E-state index in [1.54, 1.807) is 13.0 Å². The highest BCUT2D eigenvalue weighted by Gasteiger charge is 2.28.